The largest absolute Gasteiger partial charge is 0.381 e. The summed E-state index contributed by atoms with van der Waals surface area (Å²) in [7, 11) is 5.89. The number of hydrogen-bond acceptors (Lipinski definition) is 4. The van der Waals surface area contributed by atoms with Gasteiger partial charge in [0.25, 0.3) is 5.91 Å². The fraction of sp³-hybridized carbons (Fsp3) is 0.357. The summed E-state index contributed by atoms with van der Waals surface area (Å²) >= 11 is 0. The van der Waals surface area contributed by atoms with Crippen LogP contribution >= 0.6 is 0 Å². The first-order chi connectivity index (χ1) is 16.9. The molecule has 0 radical (unpaired) electrons. The Balaban J connectivity index is 1.73. The summed E-state index contributed by atoms with van der Waals surface area (Å²) < 4.78 is 7.68. The highest BCUT2D eigenvalue weighted by Gasteiger charge is 2.47. The summed E-state index contributed by atoms with van der Waals surface area (Å²) in [4.78, 5) is 31.3. The molecule has 0 aliphatic carbocycles. The van der Waals surface area contributed by atoms with Crippen LogP contribution in [0, 0.1) is 0 Å². The molecule has 3 aromatic rings. The molecule has 1 aromatic heterocycles. The lowest BCUT2D eigenvalue weighted by Gasteiger charge is -2.44. The molecule has 4 rings (SSSR count). The molecule has 0 spiro atoms. The van der Waals surface area contributed by atoms with Crippen LogP contribution in [0.25, 0.3) is 10.9 Å². The molecule has 35 heavy (non-hydrogen) atoms. The molecule has 2 heterocycles. The molecule has 1 aliphatic heterocycles. The number of carbonyl (C=O) groups is 2. The van der Waals surface area contributed by atoms with Gasteiger partial charge in [-0.15, -0.1) is 0 Å². The summed E-state index contributed by atoms with van der Waals surface area (Å²) in [5, 5.41) is 4.13. The molecule has 184 valence electrons. The van der Waals surface area contributed by atoms with Crippen molar-refractivity contribution in [1.82, 2.24) is 14.8 Å². The Hall–Kier alpha value is -3.42. The Morgan fingerprint density at radius 2 is 1.83 bits per heavy atom. The SMILES string of the molecule is CN(C)C/C=C/C(=O)N(c1ccc2c(ccn2C)c1)C1(C(=O)NCc2ccccc2)CCOCC1. The van der Waals surface area contributed by atoms with E-state index in [0.29, 0.717) is 44.8 Å². The number of amides is 2. The van der Waals surface area contributed by atoms with Crippen LogP contribution < -0.4 is 10.2 Å². The molecule has 7 nitrogen and oxygen atoms in total. The third-order valence-corrected chi connectivity index (χ3v) is 6.54. The van der Waals surface area contributed by atoms with E-state index in [4.69, 9.17) is 4.74 Å². The molecule has 1 N–H and O–H groups in total. The lowest BCUT2D eigenvalue weighted by molar-refractivity contribution is -0.133. The lowest BCUT2D eigenvalue weighted by atomic mass is 9.85. The predicted molar refractivity (Wildman–Crippen MR) is 139 cm³/mol. The van der Waals surface area contributed by atoms with E-state index >= 15 is 0 Å². The third-order valence-electron chi connectivity index (χ3n) is 6.54. The topological polar surface area (TPSA) is 66.8 Å². The second-order valence-electron chi connectivity index (χ2n) is 9.32. The highest BCUT2D eigenvalue weighted by atomic mass is 16.5. The van der Waals surface area contributed by atoms with E-state index in [0.717, 1.165) is 16.5 Å². The van der Waals surface area contributed by atoms with Crippen molar-refractivity contribution in [3.8, 4) is 0 Å². The Kier molecular flexibility index (Phi) is 7.68. The minimum absolute atomic E-state index is 0.160. The molecule has 1 fully saturated rings. The van der Waals surface area contributed by atoms with Crippen LogP contribution in [0.1, 0.15) is 18.4 Å². The van der Waals surface area contributed by atoms with Gasteiger partial charge in [-0.1, -0.05) is 36.4 Å². The zero-order valence-corrected chi connectivity index (χ0v) is 20.7. The van der Waals surface area contributed by atoms with E-state index in [1.54, 1.807) is 11.0 Å². The van der Waals surface area contributed by atoms with Gasteiger partial charge in [-0.3, -0.25) is 14.5 Å². The van der Waals surface area contributed by atoms with Crippen LogP contribution in [0.4, 0.5) is 5.69 Å². The van der Waals surface area contributed by atoms with E-state index in [9.17, 15) is 9.59 Å². The minimum Gasteiger partial charge on any atom is -0.381 e. The lowest BCUT2D eigenvalue weighted by Crippen LogP contribution is -2.63. The van der Waals surface area contributed by atoms with Gasteiger partial charge in [-0.25, -0.2) is 0 Å². The van der Waals surface area contributed by atoms with Gasteiger partial charge in [0.15, 0.2) is 0 Å². The number of aromatic nitrogens is 1. The van der Waals surface area contributed by atoms with E-state index < -0.39 is 5.54 Å². The number of rotatable bonds is 8. The summed E-state index contributed by atoms with van der Waals surface area (Å²) in [5.41, 5.74) is 1.74. The van der Waals surface area contributed by atoms with Gasteiger partial charge in [-0.05, 0) is 43.9 Å². The van der Waals surface area contributed by atoms with E-state index in [1.807, 2.05) is 97.5 Å². The fourth-order valence-corrected chi connectivity index (χ4v) is 4.64. The Bertz CT molecular complexity index is 1190. The van der Waals surface area contributed by atoms with Crippen molar-refractivity contribution in [2.45, 2.75) is 24.9 Å². The maximum Gasteiger partial charge on any atom is 0.251 e. The van der Waals surface area contributed by atoms with Crippen molar-refractivity contribution in [1.29, 1.82) is 0 Å². The molecule has 1 aliphatic rings. The fourth-order valence-electron chi connectivity index (χ4n) is 4.64. The van der Waals surface area contributed by atoms with E-state index in [2.05, 4.69) is 5.32 Å². The number of hydrogen-bond donors (Lipinski definition) is 1. The number of benzene rings is 2. The predicted octanol–water partition coefficient (Wildman–Crippen LogP) is 3.49. The number of nitrogens with zero attached hydrogens (tertiary/aromatic N) is 3. The van der Waals surface area contributed by atoms with E-state index in [-0.39, 0.29) is 11.8 Å². The Morgan fingerprint density at radius 3 is 2.54 bits per heavy atom. The van der Waals surface area contributed by atoms with Gasteiger partial charge in [0.1, 0.15) is 5.54 Å². The number of ether oxygens (including phenoxy) is 1. The Morgan fingerprint density at radius 1 is 1.09 bits per heavy atom. The van der Waals surface area contributed by atoms with Gasteiger partial charge in [0.05, 0.1) is 0 Å². The average molecular weight is 475 g/mol. The highest BCUT2D eigenvalue weighted by Crippen LogP contribution is 2.35. The highest BCUT2D eigenvalue weighted by molar-refractivity contribution is 6.09. The van der Waals surface area contributed by atoms with Gasteiger partial charge < -0.3 is 19.5 Å². The smallest absolute Gasteiger partial charge is 0.251 e. The normalized spacial score (nSPS) is 15.5. The van der Waals surface area contributed by atoms with Gasteiger partial charge in [-0.2, -0.15) is 0 Å². The summed E-state index contributed by atoms with van der Waals surface area (Å²) in [6.07, 6.45) is 6.26. The van der Waals surface area contributed by atoms with Crippen molar-refractivity contribution >= 4 is 28.4 Å². The van der Waals surface area contributed by atoms with Crippen molar-refractivity contribution in [3.05, 3.63) is 78.5 Å². The second kappa shape index (κ2) is 10.9. The molecule has 0 unspecified atom stereocenters. The molecule has 0 bridgehead atoms. The monoisotopic (exact) mass is 474 g/mol. The number of aryl methyl sites for hydroxylation is 1. The number of carbonyl (C=O) groups excluding carboxylic acids is 2. The van der Waals surface area contributed by atoms with Crippen molar-refractivity contribution in [2.24, 2.45) is 7.05 Å². The molecule has 2 aromatic carbocycles. The minimum atomic E-state index is -1.05. The van der Waals surface area contributed by atoms with Gasteiger partial charge >= 0.3 is 0 Å². The molecular weight excluding hydrogens is 440 g/mol. The number of nitrogens with one attached hydrogen (secondary N) is 1. The number of fused-ring (bicyclic) bond motifs is 1. The summed E-state index contributed by atoms with van der Waals surface area (Å²) in [5.74, 6) is -0.369. The van der Waals surface area contributed by atoms with Crippen molar-refractivity contribution in [2.75, 3.05) is 38.8 Å². The van der Waals surface area contributed by atoms with Crippen LogP contribution in [0.3, 0.4) is 0 Å². The number of likely N-dealkylation sites (N-methyl/N-ethyl adjacent to an activating group) is 1. The Labute approximate surface area is 207 Å². The van der Waals surface area contributed by atoms with Crippen LogP contribution in [0.2, 0.25) is 0 Å². The van der Waals surface area contributed by atoms with Crippen LogP contribution in [-0.2, 0) is 27.9 Å². The van der Waals surface area contributed by atoms with E-state index in [1.165, 1.54) is 0 Å². The zero-order valence-electron chi connectivity index (χ0n) is 20.7. The summed E-state index contributed by atoms with van der Waals surface area (Å²) in [6.45, 7) is 1.86. The maximum absolute atomic E-state index is 13.9. The van der Waals surface area contributed by atoms with Crippen molar-refractivity contribution < 1.29 is 14.3 Å². The molecule has 1 saturated heterocycles. The molecular formula is C28H34N4O3. The van der Waals surface area contributed by atoms with Crippen LogP contribution in [-0.4, -0.2) is 60.7 Å². The number of anilines is 1. The zero-order chi connectivity index (χ0) is 24.8. The first-order valence-corrected chi connectivity index (χ1v) is 12.0. The van der Waals surface area contributed by atoms with Gasteiger partial charge in [0, 0.05) is 75.1 Å². The molecule has 0 atom stereocenters. The quantitative estimate of drug-likeness (QED) is 0.508. The van der Waals surface area contributed by atoms with Crippen LogP contribution in [0.5, 0.6) is 0 Å². The maximum atomic E-state index is 13.9. The van der Waals surface area contributed by atoms with Gasteiger partial charge in [0.2, 0.25) is 5.91 Å². The third kappa shape index (κ3) is 5.47. The van der Waals surface area contributed by atoms with Crippen LogP contribution in [0.15, 0.2) is 72.9 Å². The van der Waals surface area contributed by atoms with Crippen molar-refractivity contribution in [3.63, 3.8) is 0 Å². The first kappa shape index (κ1) is 24.7. The second-order valence-corrected chi connectivity index (χ2v) is 9.32. The molecule has 2 amide bonds. The summed E-state index contributed by atoms with van der Waals surface area (Å²) in [6, 6.07) is 17.8. The average Bonchev–Trinajstić information content (AvgIpc) is 3.23. The standard InChI is InChI=1S/C28H34N4O3/c1-30(2)16-7-10-26(33)32(24-11-12-25-23(20-24)13-17-31(25)3)28(14-18-35-19-15-28)27(34)29-21-22-8-5-4-6-9-22/h4-13,17,20H,14-16,18-19,21H2,1-3H3,(H,29,34)/b10-7+. The first-order valence-electron chi connectivity index (χ1n) is 12.0. The molecule has 7 heteroatoms. The molecule has 0 saturated carbocycles.